The molecule has 0 bridgehead atoms. The van der Waals surface area contributed by atoms with Crippen molar-refractivity contribution in [2.24, 2.45) is 11.8 Å². The van der Waals surface area contributed by atoms with Crippen molar-refractivity contribution >= 4 is 11.6 Å². The van der Waals surface area contributed by atoms with Crippen molar-refractivity contribution in [3.8, 4) is 0 Å². The number of nitrogens with zero attached hydrogens (tertiary/aromatic N) is 3. The number of hydrazine groups is 1. The predicted octanol–water partition coefficient (Wildman–Crippen LogP) is 3.15. The molecule has 0 spiro atoms. The second-order valence-corrected chi connectivity index (χ2v) is 5.49. The van der Waals surface area contributed by atoms with Crippen LogP contribution in [0.5, 0.6) is 0 Å². The van der Waals surface area contributed by atoms with Crippen molar-refractivity contribution in [2.45, 2.75) is 53.4 Å². The Labute approximate surface area is 123 Å². The minimum Gasteiger partial charge on any atom is -0.356 e. The molecule has 0 saturated carbocycles. The van der Waals surface area contributed by atoms with Gasteiger partial charge in [-0.2, -0.15) is 0 Å². The van der Waals surface area contributed by atoms with E-state index >= 15 is 0 Å². The summed E-state index contributed by atoms with van der Waals surface area (Å²) in [5.74, 6) is 8.98. The van der Waals surface area contributed by atoms with Crippen LogP contribution in [0.1, 0.15) is 59.2 Å². The van der Waals surface area contributed by atoms with Gasteiger partial charge in [-0.05, 0) is 12.8 Å². The van der Waals surface area contributed by atoms with Crippen LogP contribution in [-0.4, -0.2) is 23.1 Å². The van der Waals surface area contributed by atoms with Gasteiger partial charge in [-0.1, -0.05) is 40.5 Å². The van der Waals surface area contributed by atoms with Crippen LogP contribution in [0.25, 0.3) is 0 Å². The summed E-state index contributed by atoms with van der Waals surface area (Å²) in [5.41, 5.74) is 2.65. The van der Waals surface area contributed by atoms with Crippen LogP contribution in [0.3, 0.4) is 0 Å². The summed E-state index contributed by atoms with van der Waals surface area (Å²) in [6.07, 6.45) is 2.38. The topological polar surface area (TPSA) is 67.1 Å². The summed E-state index contributed by atoms with van der Waals surface area (Å²) < 4.78 is 0. The van der Waals surface area contributed by atoms with Gasteiger partial charge in [-0.25, -0.2) is 15.8 Å². The molecule has 5 nitrogen and oxygen atoms in total. The number of hydrogen-bond acceptors (Lipinski definition) is 5. The minimum absolute atomic E-state index is 0.286. The molecule has 0 aliphatic heterocycles. The van der Waals surface area contributed by atoms with Crippen LogP contribution < -0.4 is 16.2 Å². The Morgan fingerprint density at radius 1 is 1.20 bits per heavy atom. The molecule has 0 aromatic carbocycles. The van der Waals surface area contributed by atoms with Crippen LogP contribution in [0, 0.1) is 5.92 Å². The van der Waals surface area contributed by atoms with Crippen molar-refractivity contribution in [2.75, 3.05) is 23.4 Å². The van der Waals surface area contributed by atoms with Gasteiger partial charge in [0.2, 0.25) is 0 Å². The zero-order chi connectivity index (χ0) is 15.1. The number of aromatic nitrogens is 2. The molecule has 0 radical (unpaired) electrons. The highest BCUT2D eigenvalue weighted by molar-refractivity contribution is 5.49. The molecule has 5 heteroatoms. The van der Waals surface area contributed by atoms with Gasteiger partial charge in [0.05, 0.1) is 0 Å². The van der Waals surface area contributed by atoms with E-state index in [0.29, 0.717) is 11.7 Å². The average Bonchev–Trinajstić information content (AvgIpc) is 2.48. The van der Waals surface area contributed by atoms with Crippen LogP contribution in [0.15, 0.2) is 6.07 Å². The highest BCUT2D eigenvalue weighted by atomic mass is 15.3. The van der Waals surface area contributed by atoms with Gasteiger partial charge in [-0.3, -0.25) is 0 Å². The van der Waals surface area contributed by atoms with Crippen LogP contribution in [0.4, 0.5) is 11.6 Å². The Hall–Kier alpha value is -1.36. The molecule has 0 amide bonds. The Kier molecular flexibility index (Phi) is 6.71. The summed E-state index contributed by atoms with van der Waals surface area (Å²) in [6.45, 7) is 12.8. The van der Waals surface area contributed by atoms with Gasteiger partial charge < -0.3 is 10.3 Å². The molecular weight excluding hydrogens is 250 g/mol. The van der Waals surface area contributed by atoms with E-state index in [1.165, 1.54) is 12.8 Å². The second-order valence-electron chi connectivity index (χ2n) is 5.49. The predicted molar refractivity (Wildman–Crippen MR) is 85.9 cm³/mol. The first kappa shape index (κ1) is 16.7. The first-order chi connectivity index (χ1) is 9.55. The van der Waals surface area contributed by atoms with Gasteiger partial charge >= 0.3 is 0 Å². The number of nitrogen functional groups attached to an aromatic ring is 1. The molecule has 0 atom stereocenters. The van der Waals surface area contributed by atoms with Crippen LogP contribution in [0.2, 0.25) is 0 Å². The van der Waals surface area contributed by atoms with Crippen molar-refractivity contribution in [1.29, 1.82) is 0 Å². The first-order valence-corrected chi connectivity index (χ1v) is 7.66. The van der Waals surface area contributed by atoms with Crippen LogP contribution >= 0.6 is 0 Å². The molecule has 114 valence electrons. The molecule has 0 aliphatic rings. The zero-order valence-corrected chi connectivity index (χ0v) is 13.5. The molecule has 1 heterocycles. The third kappa shape index (κ3) is 4.34. The van der Waals surface area contributed by atoms with E-state index in [2.05, 4.69) is 49.9 Å². The van der Waals surface area contributed by atoms with E-state index in [0.717, 1.165) is 24.7 Å². The fourth-order valence-electron chi connectivity index (χ4n) is 2.19. The Morgan fingerprint density at radius 2 is 1.85 bits per heavy atom. The summed E-state index contributed by atoms with van der Waals surface area (Å²) in [4.78, 5) is 11.4. The van der Waals surface area contributed by atoms with Crippen molar-refractivity contribution in [1.82, 2.24) is 9.97 Å². The van der Waals surface area contributed by atoms with Gasteiger partial charge in [0.1, 0.15) is 17.5 Å². The molecule has 0 unspecified atom stereocenters. The molecule has 1 rings (SSSR count). The molecule has 1 aromatic heterocycles. The molecule has 20 heavy (non-hydrogen) atoms. The summed E-state index contributed by atoms with van der Waals surface area (Å²) in [5, 5.41) is 0. The van der Waals surface area contributed by atoms with E-state index in [1.807, 2.05) is 6.07 Å². The van der Waals surface area contributed by atoms with E-state index in [-0.39, 0.29) is 5.92 Å². The summed E-state index contributed by atoms with van der Waals surface area (Å²) in [7, 11) is 0. The number of anilines is 2. The SMILES string of the molecule is CCC(CC)CN(CC)c1cc(NN)nc(C(C)C)n1. The average molecular weight is 279 g/mol. The van der Waals surface area contributed by atoms with Gasteiger partial charge in [-0.15, -0.1) is 0 Å². The number of nitrogens with one attached hydrogen (secondary N) is 1. The normalized spacial score (nSPS) is 11.2. The Bertz CT molecular complexity index is 401. The lowest BCUT2D eigenvalue weighted by Crippen LogP contribution is -2.30. The van der Waals surface area contributed by atoms with Gasteiger partial charge in [0, 0.05) is 25.1 Å². The van der Waals surface area contributed by atoms with E-state index in [9.17, 15) is 0 Å². The lowest BCUT2D eigenvalue weighted by Gasteiger charge is -2.27. The number of rotatable bonds is 8. The quantitative estimate of drug-likeness (QED) is 0.565. The second kappa shape index (κ2) is 8.04. The third-order valence-electron chi connectivity index (χ3n) is 3.73. The molecular formula is C15H29N5. The fraction of sp³-hybridized carbons (Fsp3) is 0.733. The van der Waals surface area contributed by atoms with Crippen molar-refractivity contribution in [3.63, 3.8) is 0 Å². The molecule has 0 saturated heterocycles. The monoisotopic (exact) mass is 279 g/mol. The Morgan fingerprint density at radius 3 is 2.30 bits per heavy atom. The molecule has 0 fully saturated rings. The third-order valence-corrected chi connectivity index (χ3v) is 3.73. The van der Waals surface area contributed by atoms with E-state index in [4.69, 9.17) is 10.8 Å². The summed E-state index contributed by atoms with van der Waals surface area (Å²) >= 11 is 0. The highest BCUT2D eigenvalue weighted by Crippen LogP contribution is 2.21. The zero-order valence-electron chi connectivity index (χ0n) is 13.5. The maximum absolute atomic E-state index is 5.52. The Balaban J connectivity index is 3.04. The molecule has 1 aromatic rings. The summed E-state index contributed by atoms with van der Waals surface area (Å²) in [6, 6.07) is 1.93. The van der Waals surface area contributed by atoms with Gasteiger partial charge in [0.15, 0.2) is 0 Å². The van der Waals surface area contributed by atoms with Crippen molar-refractivity contribution < 1.29 is 0 Å². The maximum atomic E-state index is 5.52. The van der Waals surface area contributed by atoms with E-state index < -0.39 is 0 Å². The fourth-order valence-corrected chi connectivity index (χ4v) is 2.19. The minimum atomic E-state index is 0.286. The van der Waals surface area contributed by atoms with Crippen molar-refractivity contribution in [3.05, 3.63) is 11.9 Å². The smallest absolute Gasteiger partial charge is 0.145 e. The van der Waals surface area contributed by atoms with Gasteiger partial charge in [0.25, 0.3) is 0 Å². The molecule has 0 aliphatic carbocycles. The number of hydrogen-bond donors (Lipinski definition) is 2. The van der Waals surface area contributed by atoms with E-state index in [1.54, 1.807) is 0 Å². The lowest BCUT2D eigenvalue weighted by molar-refractivity contribution is 0.484. The number of nitrogens with two attached hydrogens (primary N) is 1. The highest BCUT2D eigenvalue weighted by Gasteiger charge is 2.15. The lowest BCUT2D eigenvalue weighted by atomic mass is 10.0. The first-order valence-electron chi connectivity index (χ1n) is 7.66. The standard InChI is InChI=1S/C15H29N5/c1-6-12(7-2)10-20(8-3)14-9-13(19-16)17-15(18-14)11(4)5/h9,11-12H,6-8,10,16H2,1-5H3,(H,17,18,19). The maximum Gasteiger partial charge on any atom is 0.145 e. The largest absolute Gasteiger partial charge is 0.356 e. The van der Waals surface area contributed by atoms with Crippen LogP contribution in [-0.2, 0) is 0 Å². The molecule has 3 N–H and O–H groups in total.